The normalized spacial score (nSPS) is 13.7. The molecular weight excluding hydrogens is 447 g/mol. The van der Waals surface area contributed by atoms with E-state index in [-0.39, 0.29) is 23.9 Å². The maximum atomic E-state index is 14.2. The summed E-state index contributed by atoms with van der Waals surface area (Å²) < 4.78 is 24.7. The van der Waals surface area contributed by atoms with Crippen molar-refractivity contribution in [3.63, 3.8) is 0 Å². The van der Waals surface area contributed by atoms with Gasteiger partial charge in [0.15, 0.2) is 11.5 Å². The van der Waals surface area contributed by atoms with Crippen LogP contribution in [-0.2, 0) is 17.8 Å². The number of phenolic OH excluding ortho intramolecular Hbond substituents is 1. The lowest BCUT2D eigenvalue weighted by Crippen LogP contribution is -2.22. The number of ether oxygens (including phenoxy) is 2. The number of pyridine rings is 1. The zero-order chi connectivity index (χ0) is 24.9. The SMILES string of the molecule is COc1cc(C/C=C2/C(C)=C(CC(=O)NCc3cccnc3)c3cc(F)ccc32)cc(OC)c1O. The number of carbonyl (C=O) groups excluding carboxylic acids is 1. The molecule has 4 rings (SSSR count). The van der Waals surface area contributed by atoms with Crippen LogP contribution in [-0.4, -0.2) is 30.2 Å². The molecule has 1 amide bonds. The van der Waals surface area contributed by atoms with Crippen LogP contribution in [0.1, 0.15) is 35.6 Å². The van der Waals surface area contributed by atoms with E-state index in [1.165, 1.54) is 26.4 Å². The van der Waals surface area contributed by atoms with Crippen molar-refractivity contribution in [1.82, 2.24) is 10.3 Å². The predicted octanol–water partition coefficient (Wildman–Crippen LogP) is 5.06. The first kappa shape index (κ1) is 24.0. The van der Waals surface area contributed by atoms with E-state index in [9.17, 15) is 14.3 Å². The molecule has 0 fully saturated rings. The van der Waals surface area contributed by atoms with Gasteiger partial charge in [-0.25, -0.2) is 4.39 Å². The maximum absolute atomic E-state index is 14.2. The molecule has 35 heavy (non-hydrogen) atoms. The van der Waals surface area contributed by atoms with Gasteiger partial charge in [-0.2, -0.15) is 0 Å². The number of nitrogens with zero attached hydrogens (tertiary/aromatic N) is 1. The number of methoxy groups -OCH3 is 2. The molecule has 0 bridgehead atoms. The second kappa shape index (κ2) is 10.4. The van der Waals surface area contributed by atoms with Crippen LogP contribution in [0.4, 0.5) is 4.39 Å². The van der Waals surface area contributed by atoms with Crippen LogP contribution in [0.25, 0.3) is 11.1 Å². The Morgan fingerprint density at radius 1 is 1.09 bits per heavy atom. The highest BCUT2D eigenvalue weighted by Gasteiger charge is 2.25. The highest BCUT2D eigenvalue weighted by atomic mass is 19.1. The third-order valence-electron chi connectivity index (χ3n) is 6.08. The molecule has 0 unspecified atom stereocenters. The second-order valence-electron chi connectivity index (χ2n) is 8.28. The lowest BCUT2D eigenvalue weighted by molar-refractivity contribution is -0.120. The number of phenols is 1. The first-order valence-electron chi connectivity index (χ1n) is 11.2. The number of halogens is 1. The number of hydrogen-bond donors (Lipinski definition) is 2. The molecule has 0 spiro atoms. The van der Waals surface area contributed by atoms with E-state index < -0.39 is 0 Å². The Hall–Kier alpha value is -4.13. The van der Waals surface area contributed by atoms with E-state index in [4.69, 9.17) is 9.47 Å². The first-order chi connectivity index (χ1) is 16.9. The fourth-order valence-electron chi connectivity index (χ4n) is 4.27. The number of aromatic nitrogens is 1. The third kappa shape index (κ3) is 5.19. The van der Waals surface area contributed by atoms with Crippen LogP contribution < -0.4 is 14.8 Å². The summed E-state index contributed by atoms with van der Waals surface area (Å²) >= 11 is 0. The molecule has 1 aliphatic rings. The van der Waals surface area contributed by atoms with Gasteiger partial charge < -0.3 is 19.9 Å². The molecule has 2 aromatic carbocycles. The molecule has 0 radical (unpaired) electrons. The predicted molar refractivity (Wildman–Crippen MR) is 133 cm³/mol. The molecule has 0 aliphatic heterocycles. The Balaban J connectivity index is 1.60. The fourth-order valence-corrected chi connectivity index (χ4v) is 4.27. The second-order valence-corrected chi connectivity index (χ2v) is 8.28. The van der Waals surface area contributed by atoms with Crippen LogP contribution in [0.15, 0.2) is 66.5 Å². The smallest absolute Gasteiger partial charge is 0.224 e. The van der Waals surface area contributed by atoms with Gasteiger partial charge in [0, 0.05) is 18.9 Å². The molecule has 0 saturated heterocycles. The van der Waals surface area contributed by atoms with Crippen LogP contribution in [0.3, 0.4) is 0 Å². The van der Waals surface area contributed by atoms with Crippen molar-refractivity contribution >= 4 is 17.1 Å². The number of benzene rings is 2. The van der Waals surface area contributed by atoms with Crippen LogP contribution in [0.5, 0.6) is 17.2 Å². The summed E-state index contributed by atoms with van der Waals surface area (Å²) in [4.78, 5) is 16.8. The minimum atomic E-state index is -0.348. The quantitative estimate of drug-likeness (QED) is 0.477. The first-order valence-corrected chi connectivity index (χ1v) is 11.2. The molecule has 0 atom stereocenters. The van der Waals surface area contributed by atoms with Crippen LogP contribution in [0, 0.1) is 5.82 Å². The van der Waals surface area contributed by atoms with Gasteiger partial charge in [-0.05, 0) is 82.6 Å². The number of amides is 1. The monoisotopic (exact) mass is 474 g/mol. The summed E-state index contributed by atoms with van der Waals surface area (Å²) in [6.45, 7) is 2.33. The van der Waals surface area contributed by atoms with Crippen molar-refractivity contribution in [3.05, 3.63) is 94.6 Å². The number of aromatic hydroxyl groups is 1. The highest BCUT2D eigenvalue weighted by Crippen LogP contribution is 2.43. The summed E-state index contributed by atoms with van der Waals surface area (Å²) in [5.74, 6) is 0.102. The Kier molecular flexibility index (Phi) is 7.15. The number of rotatable bonds is 8. The minimum absolute atomic E-state index is 0.0521. The van der Waals surface area contributed by atoms with E-state index in [0.29, 0.717) is 24.5 Å². The van der Waals surface area contributed by atoms with Gasteiger partial charge in [0.05, 0.1) is 20.6 Å². The maximum Gasteiger partial charge on any atom is 0.224 e. The van der Waals surface area contributed by atoms with Gasteiger partial charge in [0.2, 0.25) is 11.7 Å². The van der Waals surface area contributed by atoms with E-state index in [2.05, 4.69) is 10.3 Å². The molecular formula is C28H27FN2O4. The Labute approximate surface area is 203 Å². The zero-order valence-electron chi connectivity index (χ0n) is 19.9. The third-order valence-corrected chi connectivity index (χ3v) is 6.08. The van der Waals surface area contributed by atoms with Crippen molar-refractivity contribution in [2.45, 2.75) is 26.3 Å². The van der Waals surface area contributed by atoms with E-state index in [1.807, 2.05) is 25.1 Å². The number of fused-ring (bicyclic) bond motifs is 1. The average molecular weight is 475 g/mol. The van der Waals surface area contributed by atoms with Crippen molar-refractivity contribution in [2.24, 2.45) is 0 Å². The zero-order valence-corrected chi connectivity index (χ0v) is 19.9. The molecule has 1 aromatic heterocycles. The topological polar surface area (TPSA) is 80.7 Å². The summed E-state index contributed by atoms with van der Waals surface area (Å²) in [7, 11) is 2.97. The molecule has 0 saturated carbocycles. The lowest BCUT2D eigenvalue weighted by atomic mass is 10.00. The number of nitrogens with one attached hydrogen (secondary N) is 1. The standard InChI is InChI=1S/C28H27FN2O4/c1-17-21(8-6-18-11-25(34-2)28(33)26(12-18)35-3)22-9-7-20(29)13-24(22)23(17)14-27(32)31-16-19-5-4-10-30-15-19/h4-5,7-13,15,33H,6,14,16H2,1-3H3,(H,31,32)/b21-8-. The number of carbonyl (C=O) groups is 1. The number of hydrogen-bond acceptors (Lipinski definition) is 5. The largest absolute Gasteiger partial charge is 0.502 e. The molecule has 1 aliphatic carbocycles. The van der Waals surface area contributed by atoms with Crippen molar-refractivity contribution in [3.8, 4) is 17.2 Å². The van der Waals surface area contributed by atoms with E-state index in [1.54, 1.807) is 30.6 Å². The van der Waals surface area contributed by atoms with Gasteiger partial charge in [0.1, 0.15) is 5.82 Å². The van der Waals surface area contributed by atoms with Gasteiger partial charge in [-0.3, -0.25) is 9.78 Å². The Morgan fingerprint density at radius 3 is 2.49 bits per heavy atom. The minimum Gasteiger partial charge on any atom is -0.502 e. The molecule has 3 aromatic rings. The fraction of sp³-hybridized carbons (Fsp3) is 0.214. The van der Waals surface area contributed by atoms with Gasteiger partial charge in [0.25, 0.3) is 0 Å². The molecule has 2 N–H and O–H groups in total. The van der Waals surface area contributed by atoms with Crippen molar-refractivity contribution in [2.75, 3.05) is 14.2 Å². The van der Waals surface area contributed by atoms with E-state index >= 15 is 0 Å². The van der Waals surface area contributed by atoms with Crippen molar-refractivity contribution < 1.29 is 23.8 Å². The molecule has 1 heterocycles. The molecule has 6 nitrogen and oxygen atoms in total. The lowest BCUT2D eigenvalue weighted by Gasteiger charge is -2.11. The summed E-state index contributed by atoms with van der Waals surface area (Å²) in [6, 6.07) is 11.9. The highest BCUT2D eigenvalue weighted by molar-refractivity contribution is 6.04. The van der Waals surface area contributed by atoms with E-state index in [0.717, 1.165) is 39.0 Å². The average Bonchev–Trinajstić information content (AvgIpc) is 3.12. The van der Waals surface area contributed by atoms with Crippen LogP contribution in [0.2, 0.25) is 0 Å². The van der Waals surface area contributed by atoms with Crippen molar-refractivity contribution in [1.29, 1.82) is 0 Å². The van der Waals surface area contributed by atoms with Gasteiger partial charge in [-0.15, -0.1) is 0 Å². The Bertz CT molecular complexity index is 1290. The summed E-state index contributed by atoms with van der Waals surface area (Å²) in [5, 5.41) is 13.1. The summed E-state index contributed by atoms with van der Waals surface area (Å²) in [5.41, 5.74) is 6.08. The molecule has 180 valence electrons. The van der Waals surface area contributed by atoms with Gasteiger partial charge in [-0.1, -0.05) is 18.2 Å². The molecule has 7 heteroatoms. The number of allylic oxidation sites excluding steroid dienone is 3. The Morgan fingerprint density at radius 2 is 1.83 bits per heavy atom. The van der Waals surface area contributed by atoms with Crippen LogP contribution >= 0.6 is 0 Å². The van der Waals surface area contributed by atoms with Gasteiger partial charge >= 0.3 is 0 Å². The summed E-state index contributed by atoms with van der Waals surface area (Å²) in [6.07, 6.45) is 6.09.